The van der Waals surface area contributed by atoms with Gasteiger partial charge in [0.2, 0.25) is 0 Å². The first-order valence-corrected chi connectivity index (χ1v) is 10.7. The zero-order valence-electron chi connectivity index (χ0n) is 17.6. The summed E-state index contributed by atoms with van der Waals surface area (Å²) >= 11 is 8.66. The number of thiocarbonyl (C=S) groups is 1. The SMILES string of the molecule is CC(C)Oc1ccc(C(=O)NC(=S)Nc2cccc(C(=O)NC(C)(C)C)c2)cc1Br. The molecule has 3 N–H and O–H groups in total. The lowest BCUT2D eigenvalue weighted by atomic mass is 10.1. The van der Waals surface area contributed by atoms with Gasteiger partial charge in [-0.15, -0.1) is 0 Å². The highest BCUT2D eigenvalue weighted by atomic mass is 79.9. The maximum absolute atomic E-state index is 12.5. The van der Waals surface area contributed by atoms with Crippen LogP contribution < -0.4 is 20.7 Å². The van der Waals surface area contributed by atoms with E-state index in [1.54, 1.807) is 42.5 Å². The minimum absolute atomic E-state index is 0.0268. The Morgan fingerprint density at radius 3 is 2.30 bits per heavy atom. The van der Waals surface area contributed by atoms with Gasteiger partial charge in [0.05, 0.1) is 10.6 Å². The number of amides is 2. The molecule has 2 aromatic rings. The molecule has 0 fully saturated rings. The lowest BCUT2D eigenvalue weighted by Gasteiger charge is -2.20. The molecule has 0 aliphatic rings. The van der Waals surface area contributed by atoms with Crippen molar-refractivity contribution in [2.45, 2.75) is 46.3 Å². The van der Waals surface area contributed by atoms with E-state index in [-0.39, 0.29) is 28.6 Å². The summed E-state index contributed by atoms with van der Waals surface area (Å²) in [6, 6.07) is 12.0. The largest absolute Gasteiger partial charge is 0.490 e. The van der Waals surface area contributed by atoms with Crippen molar-refractivity contribution in [1.82, 2.24) is 10.6 Å². The normalized spacial score (nSPS) is 11.0. The lowest BCUT2D eigenvalue weighted by molar-refractivity contribution is 0.0918. The van der Waals surface area contributed by atoms with Crippen LogP contribution in [0, 0.1) is 0 Å². The number of rotatable bonds is 5. The van der Waals surface area contributed by atoms with Crippen molar-refractivity contribution in [3.8, 4) is 5.75 Å². The smallest absolute Gasteiger partial charge is 0.257 e. The summed E-state index contributed by atoms with van der Waals surface area (Å²) < 4.78 is 6.33. The van der Waals surface area contributed by atoms with Crippen LogP contribution in [0.3, 0.4) is 0 Å². The number of halogens is 1. The molecule has 0 heterocycles. The van der Waals surface area contributed by atoms with E-state index in [0.717, 1.165) is 0 Å². The number of carbonyl (C=O) groups excluding carboxylic acids is 2. The van der Waals surface area contributed by atoms with E-state index in [0.29, 0.717) is 27.0 Å². The molecule has 2 aromatic carbocycles. The number of nitrogens with one attached hydrogen (secondary N) is 3. The van der Waals surface area contributed by atoms with Crippen LogP contribution in [0.2, 0.25) is 0 Å². The second-order valence-electron chi connectivity index (χ2n) is 8.00. The molecule has 8 heteroatoms. The number of hydrogen-bond acceptors (Lipinski definition) is 4. The molecule has 2 amide bonds. The first-order chi connectivity index (χ1) is 13.9. The Kier molecular flexibility index (Phi) is 7.97. The van der Waals surface area contributed by atoms with Gasteiger partial charge in [0.25, 0.3) is 11.8 Å². The summed E-state index contributed by atoms with van der Waals surface area (Å²) in [5.74, 6) is 0.119. The number of anilines is 1. The first kappa shape index (κ1) is 23.8. The second-order valence-corrected chi connectivity index (χ2v) is 9.27. The molecule has 0 radical (unpaired) electrons. The van der Waals surface area contributed by atoms with Crippen molar-refractivity contribution in [2.75, 3.05) is 5.32 Å². The summed E-state index contributed by atoms with van der Waals surface area (Å²) in [4.78, 5) is 24.8. The Hall–Kier alpha value is -2.45. The fourth-order valence-corrected chi connectivity index (χ4v) is 3.16. The van der Waals surface area contributed by atoms with E-state index in [1.165, 1.54) is 0 Å². The standard InChI is InChI=1S/C22H26BrN3O3S/c1-13(2)29-18-10-9-15(12-17(18)23)19(27)25-21(30)24-16-8-6-7-14(11-16)20(28)26-22(3,4)5/h6-13H,1-5H3,(H,26,28)(H2,24,25,27,30). The summed E-state index contributed by atoms with van der Waals surface area (Å²) in [5, 5.41) is 8.61. The van der Waals surface area contributed by atoms with Gasteiger partial charge in [-0.3, -0.25) is 14.9 Å². The zero-order chi connectivity index (χ0) is 22.5. The summed E-state index contributed by atoms with van der Waals surface area (Å²) in [5.41, 5.74) is 1.19. The molecule has 0 atom stereocenters. The quantitative estimate of drug-likeness (QED) is 0.518. The fourth-order valence-electron chi connectivity index (χ4n) is 2.48. The van der Waals surface area contributed by atoms with E-state index in [2.05, 4.69) is 31.9 Å². The molecule has 0 saturated carbocycles. The van der Waals surface area contributed by atoms with Gasteiger partial charge in [-0.1, -0.05) is 6.07 Å². The van der Waals surface area contributed by atoms with Gasteiger partial charge in [-0.2, -0.15) is 0 Å². The van der Waals surface area contributed by atoms with E-state index in [1.807, 2.05) is 34.6 Å². The summed E-state index contributed by atoms with van der Waals surface area (Å²) in [6.45, 7) is 9.60. The van der Waals surface area contributed by atoms with Crippen molar-refractivity contribution in [3.05, 3.63) is 58.1 Å². The topological polar surface area (TPSA) is 79.5 Å². The van der Waals surface area contributed by atoms with Gasteiger partial charge >= 0.3 is 0 Å². The van der Waals surface area contributed by atoms with Crippen molar-refractivity contribution < 1.29 is 14.3 Å². The molecule has 0 unspecified atom stereocenters. The zero-order valence-corrected chi connectivity index (χ0v) is 20.0. The second kappa shape index (κ2) is 10.0. The Balaban J connectivity index is 2.02. The third-order valence-electron chi connectivity index (χ3n) is 3.65. The lowest BCUT2D eigenvalue weighted by Crippen LogP contribution is -2.40. The van der Waals surface area contributed by atoms with E-state index >= 15 is 0 Å². The third kappa shape index (κ3) is 7.42. The minimum Gasteiger partial charge on any atom is -0.490 e. The van der Waals surface area contributed by atoms with E-state index < -0.39 is 0 Å². The number of benzene rings is 2. The number of ether oxygens (including phenoxy) is 1. The van der Waals surface area contributed by atoms with Crippen molar-refractivity contribution in [1.29, 1.82) is 0 Å². The predicted molar refractivity (Wildman–Crippen MR) is 127 cm³/mol. The van der Waals surface area contributed by atoms with Crippen molar-refractivity contribution in [3.63, 3.8) is 0 Å². The van der Waals surface area contributed by atoms with Crippen molar-refractivity contribution in [2.24, 2.45) is 0 Å². The van der Waals surface area contributed by atoms with Crippen LogP contribution in [0.15, 0.2) is 46.9 Å². The molecule has 0 aliphatic carbocycles. The predicted octanol–water partition coefficient (Wildman–Crippen LogP) is 4.89. The molecule has 0 aliphatic heterocycles. The molecular weight excluding hydrogens is 466 g/mol. The Bertz CT molecular complexity index is 955. The molecule has 0 aromatic heterocycles. The maximum atomic E-state index is 12.5. The van der Waals surface area contributed by atoms with Crippen LogP contribution in [0.4, 0.5) is 5.69 Å². The number of carbonyl (C=O) groups is 2. The molecule has 0 bridgehead atoms. The van der Waals surface area contributed by atoms with Crippen LogP contribution in [-0.2, 0) is 0 Å². The first-order valence-electron chi connectivity index (χ1n) is 9.46. The molecular formula is C22H26BrN3O3S. The van der Waals surface area contributed by atoms with Gasteiger partial charge in [0, 0.05) is 22.4 Å². The van der Waals surface area contributed by atoms with Crippen LogP contribution in [0.1, 0.15) is 55.3 Å². The highest BCUT2D eigenvalue weighted by Gasteiger charge is 2.16. The summed E-state index contributed by atoms with van der Waals surface area (Å²) in [6.07, 6.45) is 0.0268. The molecule has 0 saturated heterocycles. The monoisotopic (exact) mass is 491 g/mol. The van der Waals surface area contributed by atoms with Gasteiger partial charge in [-0.05, 0) is 99.2 Å². The Morgan fingerprint density at radius 2 is 1.70 bits per heavy atom. The molecule has 160 valence electrons. The average molecular weight is 492 g/mol. The molecule has 2 rings (SSSR count). The third-order valence-corrected chi connectivity index (χ3v) is 4.48. The van der Waals surface area contributed by atoms with Crippen LogP contribution in [0.25, 0.3) is 0 Å². The minimum atomic E-state index is -0.356. The Morgan fingerprint density at radius 1 is 1.03 bits per heavy atom. The summed E-state index contributed by atoms with van der Waals surface area (Å²) in [7, 11) is 0. The van der Waals surface area contributed by atoms with Crippen molar-refractivity contribution >= 4 is 50.8 Å². The van der Waals surface area contributed by atoms with Crippen LogP contribution in [-0.4, -0.2) is 28.6 Å². The highest BCUT2D eigenvalue weighted by Crippen LogP contribution is 2.27. The average Bonchev–Trinajstić information content (AvgIpc) is 2.61. The van der Waals surface area contributed by atoms with Crippen LogP contribution in [0.5, 0.6) is 5.75 Å². The maximum Gasteiger partial charge on any atom is 0.257 e. The van der Waals surface area contributed by atoms with E-state index in [4.69, 9.17) is 17.0 Å². The molecule has 6 nitrogen and oxygen atoms in total. The van der Waals surface area contributed by atoms with Gasteiger partial charge in [-0.25, -0.2) is 0 Å². The van der Waals surface area contributed by atoms with Gasteiger partial charge in [0.1, 0.15) is 5.75 Å². The van der Waals surface area contributed by atoms with E-state index in [9.17, 15) is 9.59 Å². The fraction of sp³-hybridized carbons (Fsp3) is 0.318. The van der Waals surface area contributed by atoms with Gasteiger partial charge in [0.15, 0.2) is 5.11 Å². The molecule has 0 spiro atoms. The highest BCUT2D eigenvalue weighted by molar-refractivity contribution is 9.10. The van der Waals surface area contributed by atoms with Gasteiger partial charge < -0.3 is 15.4 Å². The Labute approximate surface area is 190 Å². The van der Waals surface area contributed by atoms with Crippen LogP contribution >= 0.6 is 28.1 Å². The molecule has 30 heavy (non-hydrogen) atoms. The number of hydrogen-bond donors (Lipinski definition) is 3.